The zero-order valence-corrected chi connectivity index (χ0v) is 13.0. The Kier molecular flexibility index (Phi) is 4.70. The van der Waals surface area contributed by atoms with Crippen molar-refractivity contribution in [2.75, 3.05) is 13.1 Å². The van der Waals surface area contributed by atoms with E-state index < -0.39 is 16.0 Å². The van der Waals surface area contributed by atoms with E-state index in [-0.39, 0.29) is 16.2 Å². The average Bonchev–Trinajstić information content (AvgIpc) is 3.13. The van der Waals surface area contributed by atoms with Crippen LogP contribution in [-0.2, 0) is 10.0 Å². The van der Waals surface area contributed by atoms with E-state index in [1.165, 1.54) is 19.8 Å². The molecule has 1 aliphatic rings. The monoisotopic (exact) mass is 315 g/mol. The minimum Gasteiger partial charge on any atom is -0.477 e. The Morgan fingerprint density at radius 2 is 2.00 bits per heavy atom. The van der Waals surface area contributed by atoms with Gasteiger partial charge in [-0.1, -0.05) is 0 Å². The molecule has 0 aromatic carbocycles. The first-order chi connectivity index (χ1) is 9.83. The lowest BCUT2D eigenvalue weighted by atomic mass is 10.2. The molecule has 4 N–H and O–H groups in total. The van der Waals surface area contributed by atoms with Gasteiger partial charge in [0, 0.05) is 23.8 Å². The summed E-state index contributed by atoms with van der Waals surface area (Å²) in [5, 5.41) is 12.3. The summed E-state index contributed by atoms with van der Waals surface area (Å²) < 4.78 is 27.1. The van der Waals surface area contributed by atoms with Crippen LogP contribution in [0.15, 0.2) is 4.90 Å². The maximum absolute atomic E-state index is 12.3. The topological polar surface area (TPSA) is 111 Å². The number of hydrogen-bond donors (Lipinski definition) is 4. The van der Waals surface area contributed by atoms with E-state index >= 15 is 0 Å². The Hall–Kier alpha value is -1.38. The van der Waals surface area contributed by atoms with Crippen LogP contribution < -0.4 is 10.0 Å². The van der Waals surface area contributed by atoms with Gasteiger partial charge < -0.3 is 15.4 Å². The molecule has 0 atom stereocenters. The first-order valence-electron chi connectivity index (χ1n) is 6.98. The molecule has 1 fully saturated rings. The molecule has 1 aliphatic carbocycles. The van der Waals surface area contributed by atoms with Crippen molar-refractivity contribution in [1.82, 2.24) is 15.0 Å². The van der Waals surface area contributed by atoms with Crippen LogP contribution in [0.25, 0.3) is 0 Å². The molecule has 0 spiro atoms. The standard InChI is InChI=1S/C13H21N3O4S/c1-8-11(13(17)18)16-9(2)12(8)21(19,20)15-7-3-6-14-10-4-5-10/h10,14-16H,3-7H2,1-2H3,(H,17,18). The minimum absolute atomic E-state index is 0.0371. The molecule has 1 heterocycles. The molecule has 1 aromatic rings. The maximum atomic E-state index is 12.3. The first-order valence-corrected chi connectivity index (χ1v) is 8.46. The molecule has 2 rings (SSSR count). The number of rotatable bonds is 8. The Balaban J connectivity index is 1.99. The molecule has 21 heavy (non-hydrogen) atoms. The molecule has 0 bridgehead atoms. The smallest absolute Gasteiger partial charge is 0.352 e. The lowest BCUT2D eigenvalue weighted by molar-refractivity contribution is 0.0690. The largest absolute Gasteiger partial charge is 0.477 e. The Morgan fingerprint density at radius 1 is 1.33 bits per heavy atom. The van der Waals surface area contributed by atoms with Gasteiger partial charge in [0.1, 0.15) is 10.6 Å². The normalized spacial score (nSPS) is 15.3. The van der Waals surface area contributed by atoms with Crippen LogP contribution in [0.3, 0.4) is 0 Å². The molecule has 0 unspecified atom stereocenters. The number of H-pyrrole nitrogens is 1. The number of hydrogen-bond acceptors (Lipinski definition) is 4. The molecule has 1 aromatic heterocycles. The van der Waals surface area contributed by atoms with E-state index in [9.17, 15) is 13.2 Å². The zero-order valence-electron chi connectivity index (χ0n) is 12.2. The van der Waals surface area contributed by atoms with Crippen LogP contribution in [0.1, 0.15) is 41.0 Å². The fourth-order valence-electron chi connectivity index (χ4n) is 2.31. The van der Waals surface area contributed by atoms with Crippen LogP contribution in [-0.4, -0.2) is 43.6 Å². The maximum Gasteiger partial charge on any atom is 0.352 e. The van der Waals surface area contributed by atoms with Crippen molar-refractivity contribution in [3.8, 4) is 0 Å². The second-order valence-corrected chi connectivity index (χ2v) is 7.07. The molecule has 0 saturated heterocycles. The highest BCUT2D eigenvalue weighted by Gasteiger charge is 2.26. The predicted octanol–water partition coefficient (Wildman–Crippen LogP) is 0.750. The van der Waals surface area contributed by atoms with Crippen LogP contribution in [0.4, 0.5) is 0 Å². The second-order valence-electron chi connectivity index (χ2n) is 5.36. The van der Waals surface area contributed by atoms with Crippen molar-refractivity contribution in [2.45, 2.75) is 44.0 Å². The van der Waals surface area contributed by atoms with Gasteiger partial charge in [0.05, 0.1) is 0 Å². The number of carboxylic acid groups (broad SMARTS) is 1. The number of aromatic nitrogens is 1. The van der Waals surface area contributed by atoms with Crippen LogP contribution >= 0.6 is 0 Å². The third-order valence-electron chi connectivity index (χ3n) is 3.51. The third kappa shape index (κ3) is 3.84. The van der Waals surface area contributed by atoms with Crippen LogP contribution in [0, 0.1) is 13.8 Å². The van der Waals surface area contributed by atoms with Gasteiger partial charge in [-0.25, -0.2) is 17.9 Å². The highest BCUT2D eigenvalue weighted by molar-refractivity contribution is 7.89. The zero-order chi connectivity index (χ0) is 15.6. The quantitative estimate of drug-likeness (QED) is 0.529. The van der Waals surface area contributed by atoms with E-state index in [0.717, 1.165) is 6.54 Å². The molecule has 7 nitrogen and oxygen atoms in total. The summed E-state index contributed by atoms with van der Waals surface area (Å²) in [6.07, 6.45) is 3.10. The molecule has 1 saturated carbocycles. The summed E-state index contributed by atoms with van der Waals surface area (Å²) in [5.74, 6) is -1.16. The lowest BCUT2D eigenvalue weighted by Crippen LogP contribution is -2.28. The van der Waals surface area contributed by atoms with E-state index in [1.54, 1.807) is 6.92 Å². The summed E-state index contributed by atoms with van der Waals surface area (Å²) in [7, 11) is -3.69. The Bertz CT molecular complexity index is 632. The van der Waals surface area contributed by atoms with E-state index in [1.807, 2.05) is 0 Å². The van der Waals surface area contributed by atoms with Gasteiger partial charge in [-0.3, -0.25) is 0 Å². The van der Waals surface area contributed by atoms with Gasteiger partial charge in [0.15, 0.2) is 0 Å². The van der Waals surface area contributed by atoms with Gasteiger partial charge in [0.25, 0.3) is 0 Å². The summed E-state index contributed by atoms with van der Waals surface area (Å²) in [6, 6.07) is 0.605. The van der Waals surface area contributed by atoms with E-state index in [2.05, 4.69) is 15.0 Å². The highest BCUT2D eigenvalue weighted by atomic mass is 32.2. The van der Waals surface area contributed by atoms with Gasteiger partial charge in [0.2, 0.25) is 10.0 Å². The van der Waals surface area contributed by atoms with Crippen molar-refractivity contribution in [1.29, 1.82) is 0 Å². The third-order valence-corrected chi connectivity index (χ3v) is 5.24. The SMILES string of the molecule is Cc1[nH]c(C(=O)O)c(C)c1S(=O)(=O)NCCCNC1CC1. The Morgan fingerprint density at radius 3 is 2.52 bits per heavy atom. The predicted molar refractivity (Wildman–Crippen MR) is 78.1 cm³/mol. The molecule has 0 aliphatic heterocycles. The summed E-state index contributed by atoms with van der Waals surface area (Å²) in [4.78, 5) is 13.7. The number of carboxylic acids is 1. The first kappa shape index (κ1) is 16.0. The molecular weight excluding hydrogens is 294 g/mol. The van der Waals surface area contributed by atoms with Crippen molar-refractivity contribution < 1.29 is 18.3 Å². The number of aryl methyl sites for hydroxylation is 1. The van der Waals surface area contributed by atoms with Gasteiger partial charge >= 0.3 is 5.97 Å². The number of sulfonamides is 1. The molecule has 0 radical (unpaired) electrons. The van der Waals surface area contributed by atoms with Gasteiger partial charge in [-0.15, -0.1) is 0 Å². The molecular formula is C13H21N3O4S. The van der Waals surface area contributed by atoms with Crippen molar-refractivity contribution in [2.24, 2.45) is 0 Å². The molecule has 0 amide bonds. The van der Waals surface area contributed by atoms with Crippen molar-refractivity contribution >= 4 is 16.0 Å². The number of aromatic amines is 1. The van der Waals surface area contributed by atoms with Crippen LogP contribution in [0.5, 0.6) is 0 Å². The Labute approximate surface area is 124 Å². The van der Waals surface area contributed by atoms with Gasteiger partial charge in [-0.05, 0) is 39.7 Å². The number of carbonyl (C=O) groups is 1. The average molecular weight is 315 g/mol. The van der Waals surface area contributed by atoms with Crippen molar-refractivity contribution in [3.63, 3.8) is 0 Å². The van der Waals surface area contributed by atoms with Crippen molar-refractivity contribution in [3.05, 3.63) is 17.0 Å². The summed E-state index contributed by atoms with van der Waals surface area (Å²) in [5.41, 5.74) is 0.500. The molecule has 118 valence electrons. The second kappa shape index (κ2) is 6.17. The highest BCUT2D eigenvalue weighted by Crippen LogP contribution is 2.23. The number of nitrogens with one attached hydrogen (secondary N) is 3. The van der Waals surface area contributed by atoms with E-state index in [4.69, 9.17) is 5.11 Å². The summed E-state index contributed by atoms with van der Waals surface area (Å²) >= 11 is 0. The van der Waals surface area contributed by atoms with Gasteiger partial charge in [-0.2, -0.15) is 0 Å². The van der Waals surface area contributed by atoms with E-state index in [0.29, 0.717) is 24.7 Å². The fourth-order valence-corrected chi connectivity index (χ4v) is 3.83. The summed E-state index contributed by atoms with van der Waals surface area (Å²) in [6.45, 7) is 4.16. The fraction of sp³-hybridized carbons (Fsp3) is 0.615. The van der Waals surface area contributed by atoms with Crippen LogP contribution in [0.2, 0.25) is 0 Å². The lowest BCUT2D eigenvalue weighted by Gasteiger charge is -2.08. The minimum atomic E-state index is -3.69. The molecule has 8 heteroatoms. The number of aromatic carboxylic acids is 1.